The van der Waals surface area contributed by atoms with Crippen LogP contribution in [0.3, 0.4) is 0 Å². The van der Waals surface area contributed by atoms with Gasteiger partial charge in [0.05, 0.1) is 5.92 Å². The van der Waals surface area contributed by atoms with E-state index < -0.39 is 5.97 Å². The molecule has 15 heavy (non-hydrogen) atoms. The number of carboxylic acid groups (broad SMARTS) is 1. The molecule has 80 valence electrons. The molecule has 1 aromatic carbocycles. The molecule has 0 spiro atoms. The summed E-state index contributed by atoms with van der Waals surface area (Å²) in [6.07, 6.45) is 1.65. The lowest BCUT2D eigenvalue weighted by atomic mass is 9.93. The van der Waals surface area contributed by atoms with Crippen molar-refractivity contribution in [1.29, 1.82) is 0 Å². The van der Waals surface area contributed by atoms with E-state index in [0.717, 1.165) is 17.7 Å². The van der Waals surface area contributed by atoms with E-state index in [4.69, 9.17) is 5.11 Å². The van der Waals surface area contributed by atoms with E-state index in [-0.39, 0.29) is 5.92 Å². The van der Waals surface area contributed by atoms with E-state index in [9.17, 15) is 4.79 Å². The molecule has 0 radical (unpaired) electrons. The van der Waals surface area contributed by atoms with Crippen molar-refractivity contribution >= 4 is 11.7 Å². The molecule has 1 atom stereocenters. The van der Waals surface area contributed by atoms with Crippen molar-refractivity contribution in [3.8, 4) is 0 Å². The molecular weight excluding hydrogens is 190 g/mol. The summed E-state index contributed by atoms with van der Waals surface area (Å²) >= 11 is 0. The highest BCUT2D eigenvalue weighted by molar-refractivity contribution is 5.73. The van der Waals surface area contributed by atoms with Gasteiger partial charge in [0, 0.05) is 12.2 Å². The summed E-state index contributed by atoms with van der Waals surface area (Å²) in [4.78, 5) is 10.8. The molecule has 2 N–H and O–H groups in total. The Morgan fingerprint density at radius 2 is 2.40 bits per heavy atom. The van der Waals surface area contributed by atoms with Gasteiger partial charge in [-0.25, -0.2) is 0 Å². The molecule has 1 aliphatic rings. The first kappa shape index (κ1) is 10.0. The van der Waals surface area contributed by atoms with Gasteiger partial charge in [0.1, 0.15) is 0 Å². The first-order chi connectivity index (χ1) is 7.20. The Balaban J connectivity index is 2.24. The van der Waals surface area contributed by atoms with Gasteiger partial charge < -0.3 is 10.4 Å². The van der Waals surface area contributed by atoms with Gasteiger partial charge in [0.25, 0.3) is 0 Å². The Kier molecular flexibility index (Phi) is 2.62. The summed E-state index contributed by atoms with van der Waals surface area (Å²) in [5.41, 5.74) is 3.51. The van der Waals surface area contributed by atoms with Gasteiger partial charge in [0.15, 0.2) is 0 Å². The zero-order chi connectivity index (χ0) is 10.8. The number of nitrogens with one attached hydrogen (secondary N) is 1. The summed E-state index contributed by atoms with van der Waals surface area (Å²) in [5, 5.41) is 12.1. The second-order valence-corrected chi connectivity index (χ2v) is 3.97. The summed E-state index contributed by atoms with van der Waals surface area (Å²) in [5.74, 6) is -1.00. The molecule has 1 unspecified atom stereocenters. The topological polar surface area (TPSA) is 49.3 Å². The van der Waals surface area contributed by atoms with E-state index in [0.29, 0.717) is 13.0 Å². The minimum atomic E-state index is -0.715. The number of hydrogen-bond acceptors (Lipinski definition) is 2. The molecule has 0 fully saturated rings. The number of aryl methyl sites for hydroxylation is 1. The predicted molar refractivity (Wildman–Crippen MR) is 59.1 cm³/mol. The second kappa shape index (κ2) is 3.93. The SMILES string of the molecule is CCc1ccc2c(c1)NCC(C(=O)O)C2. The number of fused-ring (bicyclic) bond motifs is 1. The predicted octanol–water partition coefficient (Wildman–Crippen LogP) is 1.92. The zero-order valence-corrected chi connectivity index (χ0v) is 8.79. The summed E-state index contributed by atoms with van der Waals surface area (Å²) in [7, 11) is 0. The smallest absolute Gasteiger partial charge is 0.308 e. The van der Waals surface area contributed by atoms with Gasteiger partial charge in [-0.2, -0.15) is 0 Å². The van der Waals surface area contributed by atoms with E-state index in [1.54, 1.807) is 0 Å². The number of anilines is 1. The van der Waals surface area contributed by atoms with E-state index in [1.165, 1.54) is 5.56 Å². The molecule has 1 aromatic rings. The Morgan fingerprint density at radius 3 is 3.07 bits per heavy atom. The zero-order valence-electron chi connectivity index (χ0n) is 8.79. The van der Waals surface area contributed by atoms with Crippen LogP contribution in [0.2, 0.25) is 0 Å². The third-order valence-electron chi connectivity index (χ3n) is 2.94. The van der Waals surface area contributed by atoms with Crippen LogP contribution in [0.4, 0.5) is 5.69 Å². The van der Waals surface area contributed by atoms with Crippen LogP contribution in [0, 0.1) is 5.92 Å². The van der Waals surface area contributed by atoms with Crippen molar-refractivity contribution in [2.75, 3.05) is 11.9 Å². The number of carbonyl (C=O) groups is 1. The lowest BCUT2D eigenvalue weighted by Crippen LogP contribution is -2.29. The largest absolute Gasteiger partial charge is 0.481 e. The maximum atomic E-state index is 10.8. The molecule has 3 heteroatoms. The summed E-state index contributed by atoms with van der Waals surface area (Å²) in [6, 6.07) is 6.23. The van der Waals surface area contributed by atoms with Gasteiger partial charge in [0.2, 0.25) is 0 Å². The summed E-state index contributed by atoms with van der Waals surface area (Å²) < 4.78 is 0. The molecule has 1 aliphatic heterocycles. The van der Waals surface area contributed by atoms with Crippen LogP contribution in [0.5, 0.6) is 0 Å². The first-order valence-electron chi connectivity index (χ1n) is 5.29. The fourth-order valence-electron chi connectivity index (χ4n) is 1.93. The molecule has 3 nitrogen and oxygen atoms in total. The van der Waals surface area contributed by atoms with Crippen LogP contribution in [-0.2, 0) is 17.6 Å². The lowest BCUT2D eigenvalue weighted by molar-refractivity contribution is -0.141. The second-order valence-electron chi connectivity index (χ2n) is 3.97. The van der Waals surface area contributed by atoms with Gasteiger partial charge >= 0.3 is 5.97 Å². The van der Waals surface area contributed by atoms with E-state index in [1.807, 2.05) is 6.07 Å². The molecule has 0 saturated heterocycles. The molecule has 0 bridgehead atoms. The highest BCUT2D eigenvalue weighted by atomic mass is 16.4. The number of carboxylic acids is 1. The monoisotopic (exact) mass is 205 g/mol. The normalized spacial score (nSPS) is 19.1. The fraction of sp³-hybridized carbons (Fsp3) is 0.417. The number of benzene rings is 1. The van der Waals surface area contributed by atoms with Crippen molar-refractivity contribution < 1.29 is 9.90 Å². The Labute approximate surface area is 89.1 Å². The molecule has 0 amide bonds. The third kappa shape index (κ3) is 1.96. The Bertz CT molecular complexity index is 387. The molecule has 0 aliphatic carbocycles. The van der Waals surface area contributed by atoms with Gasteiger partial charge in [-0.3, -0.25) is 4.79 Å². The van der Waals surface area contributed by atoms with Gasteiger partial charge in [-0.1, -0.05) is 19.1 Å². The quantitative estimate of drug-likeness (QED) is 0.775. The maximum Gasteiger partial charge on any atom is 0.308 e. The minimum absolute atomic E-state index is 0.287. The van der Waals surface area contributed by atoms with Crippen LogP contribution >= 0.6 is 0 Å². The Hall–Kier alpha value is -1.51. The van der Waals surface area contributed by atoms with Crippen LogP contribution in [0.25, 0.3) is 0 Å². The molecular formula is C12H15NO2. The van der Waals surface area contributed by atoms with E-state index >= 15 is 0 Å². The van der Waals surface area contributed by atoms with Crippen LogP contribution in [0.15, 0.2) is 18.2 Å². The number of hydrogen-bond donors (Lipinski definition) is 2. The van der Waals surface area contributed by atoms with Crippen LogP contribution in [0.1, 0.15) is 18.1 Å². The maximum absolute atomic E-state index is 10.8. The fourth-order valence-corrected chi connectivity index (χ4v) is 1.93. The van der Waals surface area contributed by atoms with Crippen molar-refractivity contribution in [2.45, 2.75) is 19.8 Å². The van der Waals surface area contributed by atoms with Gasteiger partial charge in [-0.05, 0) is 30.0 Å². The Morgan fingerprint density at radius 1 is 1.60 bits per heavy atom. The van der Waals surface area contributed by atoms with Crippen LogP contribution < -0.4 is 5.32 Å². The molecule has 2 rings (SSSR count). The summed E-state index contributed by atoms with van der Waals surface area (Å²) in [6.45, 7) is 2.65. The average molecular weight is 205 g/mol. The molecule has 1 heterocycles. The van der Waals surface area contributed by atoms with Crippen LogP contribution in [-0.4, -0.2) is 17.6 Å². The highest BCUT2D eigenvalue weighted by Gasteiger charge is 2.23. The number of aliphatic carboxylic acids is 1. The highest BCUT2D eigenvalue weighted by Crippen LogP contribution is 2.26. The van der Waals surface area contributed by atoms with Crippen molar-refractivity contribution in [3.05, 3.63) is 29.3 Å². The van der Waals surface area contributed by atoms with E-state index in [2.05, 4.69) is 24.4 Å². The number of rotatable bonds is 2. The van der Waals surface area contributed by atoms with Crippen molar-refractivity contribution in [3.63, 3.8) is 0 Å². The molecule has 0 saturated carbocycles. The lowest BCUT2D eigenvalue weighted by Gasteiger charge is -2.23. The van der Waals surface area contributed by atoms with Crippen molar-refractivity contribution in [2.24, 2.45) is 5.92 Å². The standard InChI is InChI=1S/C12H15NO2/c1-2-8-3-4-9-6-10(12(14)15)7-13-11(9)5-8/h3-5,10,13H,2,6-7H2,1H3,(H,14,15). The van der Waals surface area contributed by atoms with Crippen molar-refractivity contribution in [1.82, 2.24) is 0 Å². The minimum Gasteiger partial charge on any atom is -0.481 e. The average Bonchev–Trinajstić information content (AvgIpc) is 2.27. The first-order valence-corrected chi connectivity index (χ1v) is 5.29. The molecule has 0 aromatic heterocycles. The third-order valence-corrected chi connectivity index (χ3v) is 2.94. The van der Waals surface area contributed by atoms with Gasteiger partial charge in [-0.15, -0.1) is 0 Å².